The van der Waals surface area contributed by atoms with Crippen molar-refractivity contribution >= 4 is 12.1 Å². The second kappa shape index (κ2) is 8.66. The predicted molar refractivity (Wildman–Crippen MR) is 108 cm³/mol. The Labute approximate surface area is 170 Å². The highest BCUT2D eigenvalue weighted by molar-refractivity contribution is 5.82. The maximum atomic E-state index is 12.4. The van der Waals surface area contributed by atoms with Crippen molar-refractivity contribution in [1.29, 1.82) is 0 Å². The zero-order valence-electron chi connectivity index (χ0n) is 16.4. The number of methoxy groups -OCH3 is 1. The second-order valence-electron chi connectivity index (χ2n) is 7.43. The lowest BCUT2D eigenvalue weighted by molar-refractivity contribution is -0.145. The Morgan fingerprint density at radius 2 is 1.66 bits per heavy atom. The minimum absolute atomic E-state index is 0.0315. The molecule has 0 unspecified atom stereocenters. The van der Waals surface area contributed by atoms with Crippen molar-refractivity contribution in [3.63, 3.8) is 0 Å². The summed E-state index contributed by atoms with van der Waals surface area (Å²) >= 11 is 0. The van der Waals surface area contributed by atoms with Gasteiger partial charge in [0.15, 0.2) is 6.04 Å². The van der Waals surface area contributed by atoms with Gasteiger partial charge in [0.1, 0.15) is 6.61 Å². The molecule has 0 heterocycles. The van der Waals surface area contributed by atoms with Crippen LogP contribution in [0, 0.1) is 0 Å². The highest BCUT2D eigenvalue weighted by atomic mass is 16.6. The predicted octanol–water partition coefficient (Wildman–Crippen LogP) is 3.64. The fourth-order valence-electron chi connectivity index (χ4n) is 3.86. The molecule has 6 heteroatoms. The Kier molecular flexibility index (Phi) is 5.81. The van der Waals surface area contributed by atoms with Gasteiger partial charge in [-0.1, -0.05) is 48.5 Å². The standard InChI is InChI=1S/C23H25NO5/c1-27-22(25)21(14-28-15-7-6-8-15)24-23(26)29-13-20-18-11-4-2-9-16(18)17-10-3-5-12-19(17)20/h2-5,9-12,15,20-21H,6-8,13-14H2,1H3,(H,24,26)/t21-/m0/s1. The smallest absolute Gasteiger partial charge is 0.407 e. The van der Waals surface area contributed by atoms with Crippen molar-refractivity contribution < 1.29 is 23.8 Å². The highest BCUT2D eigenvalue weighted by Crippen LogP contribution is 2.44. The van der Waals surface area contributed by atoms with Gasteiger partial charge in [-0.05, 0) is 41.5 Å². The SMILES string of the molecule is COC(=O)[C@H](COC1CCC1)NC(=O)OCC1c2ccccc2-c2ccccc21. The number of ether oxygens (including phenoxy) is 3. The summed E-state index contributed by atoms with van der Waals surface area (Å²) in [6.45, 7) is 0.277. The zero-order chi connectivity index (χ0) is 20.2. The van der Waals surface area contributed by atoms with Crippen LogP contribution in [0.3, 0.4) is 0 Å². The highest BCUT2D eigenvalue weighted by Gasteiger charge is 2.30. The molecule has 29 heavy (non-hydrogen) atoms. The first-order chi connectivity index (χ1) is 14.2. The number of esters is 1. The van der Waals surface area contributed by atoms with Crippen LogP contribution in [-0.2, 0) is 19.0 Å². The van der Waals surface area contributed by atoms with Crippen molar-refractivity contribution in [3.8, 4) is 11.1 Å². The van der Waals surface area contributed by atoms with Gasteiger partial charge in [0.2, 0.25) is 0 Å². The molecule has 1 N–H and O–H groups in total. The van der Waals surface area contributed by atoms with Gasteiger partial charge in [-0.2, -0.15) is 0 Å². The number of alkyl carbamates (subject to hydrolysis) is 1. The van der Waals surface area contributed by atoms with E-state index in [0.717, 1.165) is 30.4 Å². The largest absolute Gasteiger partial charge is 0.467 e. The van der Waals surface area contributed by atoms with Gasteiger partial charge in [-0.15, -0.1) is 0 Å². The van der Waals surface area contributed by atoms with Crippen molar-refractivity contribution in [2.24, 2.45) is 0 Å². The van der Waals surface area contributed by atoms with E-state index >= 15 is 0 Å². The fourth-order valence-corrected chi connectivity index (χ4v) is 3.86. The van der Waals surface area contributed by atoms with Gasteiger partial charge in [-0.3, -0.25) is 0 Å². The molecule has 152 valence electrons. The number of carbonyl (C=O) groups is 2. The molecular weight excluding hydrogens is 370 g/mol. The molecule has 1 amide bonds. The number of nitrogens with one attached hydrogen (secondary N) is 1. The van der Waals surface area contributed by atoms with Crippen LogP contribution in [-0.4, -0.2) is 44.5 Å². The first-order valence-electron chi connectivity index (χ1n) is 9.98. The fraction of sp³-hybridized carbons (Fsp3) is 0.391. The Hall–Kier alpha value is -2.86. The first-order valence-corrected chi connectivity index (χ1v) is 9.98. The van der Waals surface area contributed by atoms with Crippen LogP contribution in [0.2, 0.25) is 0 Å². The van der Waals surface area contributed by atoms with Crippen LogP contribution in [0.1, 0.15) is 36.3 Å². The summed E-state index contributed by atoms with van der Waals surface area (Å²) in [7, 11) is 1.29. The number of hydrogen-bond donors (Lipinski definition) is 1. The van der Waals surface area contributed by atoms with E-state index in [9.17, 15) is 9.59 Å². The number of amides is 1. The number of fused-ring (bicyclic) bond motifs is 3. The van der Waals surface area contributed by atoms with E-state index in [1.54, 1.807) is 0 Å². The monoisotopic (exact) mass is 395 g/mol. The third kappa shape index (κ3) is 4.12. The Balaban J connectivity index is 1.39. The van der Waals surface area contributed by atoms with Crippen LogP contribution in [0.5, 0.6) is 0 Å². The second-order valence-corrected chi connectivity index (χ2v) is 7.43. The molecule has 1 atom stereocenters. The first kappa shape index (κ1) is 19.5. The average molecular weight is 395 g/mol. The molecule has 1 saturated carbocycles. The van der Waals surface area contributed by atoms with E-state index < -0.39 is 18.1 Å². The summed E-state index contributed by atoms with van der Waals surface area (Å²) < 4.78 is 15.9. The lowest BCUT2D eigenvalue weighted by atomic mass is 9.96. The van der Waals surface area contributed by atoms with Crippen molar-refractivity contribution in [2.45, 2.75) is 37.3 Å². The average Bonchev–Trinajstić information content (AvgIpc) is 3.03. The Bertz CT molecular complexity index is 847. The zero-order valence-corrected chi connectivity index (χ0v) is 16.4. The molecule has 0 bridgehead atoms. The topological polar surface area (TPSA) is 73.9 Å². The number of carbonyl (C=O) groups excluding carboxylic acids is 2. The minimum atomic E-state index is -0.878. The van der Waals surface area contributed by atoms with E-state index in [-0.39, 0.29) is 25.2 Å². The summed E-state index contributed by atoms with van der Waals surface area (Å²) in [5.74, 6) is -0.575. The van der Waals surface area contributed by atoms with E-state index in [1.165, 1.54) is 18.2 Å². The molecule has 6 nitrogen and oxygen atoms in total. The summed E-state index contributed by atoms with van der Waals surface area (Å²) in [5.41, 5.74) is 4.61. The summed E-state index contributed by atoms with van der Waals surface area (Å²) in [5, 5.41) is 2.58. The normalized spacial score (nSPS) is 16.3. The molecule has 2 aromatic carbocycles. The number of hydrogen-bond acceptors (Lipinski definition) is 5. The van der Waals surface area contributed by atoms with E-state index in [2.05, 4.69) is 29.6 Å². The molecule has 0 saturated heterocycles. The molecule has 0 aromatic heterocycles. The third-order valence-electron chi connectivity index (χ3n) is 5.67. The van der Waals surface area contributed by atoms with Crippen molar-refractivity contribution in [1.82, 2.24) is 5.32 Å². The number of rotatable bonds is 7. The molecule has 2 aromatic rings. The maximum Gasteiger partial charge on any atom is 0.407 e. The molecule has 0 radical (unpaired) electrons. The number of benzene rings is 2. The van der Waals surface area contributed by atoms with Gasteiger partial charge < -0.3 is 19.5 Å². The molecule has 4 rings (SSSR count). The summed E-state index contributed by atoms with van der Waals surface area (Å²) in [4.78, 5) is 24.4. The van der Waals surface area contributed by atoms with Gasteiger partial charge in [-0.25, -0.2) is 9.59 Å². The molecule has 0 spiro atoms. The summed E-state index contributed by atoms with van der Waals surface area (Å²) in [6, 6.07) is 15.4. The minimum Gasteiger partial charge on any atom is -0.467 e. The van der Waals surface area contributed by atoms with E-state index in [1.807, 2.05) is 24.3 Å². The van der Waals surface area contributed by atoms with Crippen LogP contribution < -0.4 is 5.32 Å². The van der Waals surface area contributed by atoms with Crippen LogP contribution >= 0.6 is 0 Å². The third-order valence-corrected chi connectivity index (χ3v) is 5.67. The lowest BCUT2D eigenvalue weighted by Crippen LogP contribution is -2.46. The van der Waals surface area contributed by atoms with Crippen LogP contribution in [0.15, 0.2) is 48.5 Å². The van der Waals surface area contributed by atoms with Gasteiger partial charge in [0.25, 0.3) is 0 Å². The van der Waals surface area contributed by atoms with Crippen LogP contribution in [0.25, 0.3) is 11.1 Å². The summed E-state index contributed by atoms with van der Waals surface area (Å²) in [6.07, 6.45) is 2.61. The lowest BCUT2D eigenvalue weighted by Gasteiger charge is -2.27. The quantitative estimate of drug-likeness (QED) is 0.725. The van der Waals surface area contributed by atoms with Gasteiger partial charge >= 0.3 is 12.1 Å². The van der Waals surface area contributed by atoms with Crippen LogP contribution in [0.4, 0.5) is 4.79 Å². The Morgan fingerprint density at radius 1 is 1.03 bits per heavy atom. The van der Waals surface area contributed by atoms with E-state index in [0.29, 0.717) is 0 Å². The molecule has 0 aliphatic heterocycles. The Morgan fingerprint density at radius 3 is 2.21 bits per heavy atom. The van der Waals surface area contributed by atoms with Crippen molar-refractivity contribution in [3.05, 3.63) is 59.7 Å². The van der Waals surface area contributed by atoms with Gasteiger partial charge in [0, 0.05) is 5.92 Å². The molecule has 1 fully saturated rings. The van der Waals surface area contributed by atoms with Crippen molar-refractivity contribution in [2.75, 3.05) is 20.3 Å². The molecule has 2 aliphatic rings. The molecule has 2 aliphatic carbocycles. The molecular formula is C23H25NO5. The van der Waals surface area contributed by atoms with E-state index in [4.69, 9.17) is 14.2 Å². The van der Waals surface area contributed by atoms with Gasteiger partial charge in [0.05, 0.1) is 19.8 Å². The maximum absolute atomic E-state index is 12.4.